The molecule has 0 aliphatic heterocycles. The van der Waals surface area contributed by atoms with E-state index in [0.717, 1.165) is 6.07 Å². The summed E-state index contributed by atoms with van der Waals surface area (Å²) in [4.78, 5) is 37.6. The van der Waals surface area contributed by atoms with E-state index in [4.69, 9.17) is 9.47 Å². The number of nitrogens with zero attached hydrogens (tertiary/aromatic N) is 2. The van der Waals surface area contributed by atoms with Crippen LogP contribution in [-0.4, -0.2) is 28.0 Å². The molecule has 0 unspecified atom stereocenters. The van der Waals surface area contributed by atoms with Crippen molar-refractivity contribution in [2.24, 2.45) is 0 Å². The molecule has 2 N–H and O–H groups in total. The average molecular weight is 593 g/mol. The highest BCUT2D eigenvalue weighted by Crippen LogP contribution is 2.34. The van der Waals surface area contributed by atoms with E-state index in [1.165, 1.54) is 55.9 Å². The molecule has 0 saturated heterocycles. The highest BCUT2D eigenvalue weighted by atomic mass is 79.9. The molecule has 39 heavy (non-hydrogen) atoms. The normalized spacial score (nSPS) is 10.9. The predicted octanol–water partition coefficient (Wildman–Crippen LogP) is 6.39. The van der Waals surface area contributed by atoms with Gasteiger partial charge in [0.15, 0.2) is 17.3 Å². The van der Waals surface area contributed by atoms with Crippen molar-refractivity contribution in [3.8, 4) is 28.5 Å². The van der Waals surface area contributed by atoms with Crippen molar-refractivity contribution in [2.45, 2.75) is 6.92 Å². The SMILES string of the molecule is COc1nc2c(Oc3ccc(NC(=O)c4c[nH]c(C)c(-c5ccc(F)cc5)c4=O)cc3F)ccnc2cc1Br. The Morgan fingerprint density at radius 3 is 2.54 bits per heavy atom. The topological polar surface area (TPSA) is 106 Å². The molecule has 0 saturated carbocycles. The van der Waals surface area contributed by atoms with Crippen molar-refractivity contribution in [3.63, 3.8) is 0 Å². The molecule has 0 fully saturated rings. The number of hydrogen-bond acceptors (Lipinski definition) is 6. The lowest BCUT2D eigenvalue weighted by atomic mass is 10.0. The molecule has 3 heterocycles. The fraction of sp³-hybridized carbons (Fsp3) is 0.0714. The summed E-state index contributed by atoms with van der Waals surface area (Å²) >= 11 is 3.35. The summed E-state index contributed by atoms with van der Waals surface area (Å²) < 4.78 is 40.0. The highest BCUT2D eigenvalue weighted by Gasteiger charge is 2.18. The minimum absolute atomic E-state index is 0.108. The van der Waals surface area contributed by atoms with Crippen LogP contribution in [0.4, 0.5) is 14.5 Å². The number of methoxy groups -OCH3 is 1. The molecule has 0 aliphatic carbocycles. The van der Waals surface area contributed by atoms with Gasteiger partial charge in [0.05, 0.1) is 17.1 Å². The number of fused-ring (bicyclic) bond motifs is 1. The van der Waals surface area contributed by atoms with E-state index < -0.39 is 23.0 Å². The van der Waals surface area contributed by atoms with Gasteiger partial charge in [0.1, 0.15) is 16.9 Å². The number of aromatic amines is 1. The van der Waals surface area contributed by atoms with Gasteiger partial charge in [0, 0.05) is 41.5 Å². The van der Waals surface area contributed by atoms with Crippen LogP contribution in [0.5, 0.6) is 17.4 Å². The first-order chi connectivity index (χ1) is 18.7. The van der Waals surface area contributed by atoms with E-state index >= 15 is 4.39 Å². The third-order valence-electron chi connectivity index (χ3n) is 5.86. The van der Waals surface area contributed by atoms with Gasteiger partial charge in [0.25, 0.3) is 5.91 Å². The van der Waals surface area contributed by atoms with Crippen molar-refractivity contribution in [3.05, 3.63) is 105 Å². The van der Waals surface area contributed by atoms with Gasteiger partial charge in [-0.2, -0.15) is 0 Å². The number of anilines is 1. The number of pyridine rings is 3. The first kappa shape index (κ1) is 26.0. The first-order valence-corrected chi connectivity index (χ1v) is 12.3. The molecule has 0 radical (unpaired) electrons. The zero-order chi connectivity index (χ0) is 27.7. The monoisotopic (exact) mass is 592 g/mol. The predicted molar refractivity (Wildman–Crippen MR) is 145 cm³/mol. The van der Waals surface area contributed by atoms with Crippen molar-refractivity contribution in [1.29, 1.82) is 0 Å². The summed E-state index contributed by atoms with van der Waals surface area (Å²) in [5, 5.41) is 2.53. The van der Waals surface area contributed by atoms with Crippen molar-refractivity contribution >= 4 is 38.6 Å². The Bertz CT molecular complexity index is 1790. The molecule has 5 rings (SSSR count). The zero-order valence-corrected chi connectivity index (χ0v) is 22.1. The lowest BCUT2D eigenvalue weighted by molar-refractivity contribution is 0.102. The molecule has 0 atom stereocenters. The van der Waals surface area contributed by atoms with Crippen LogP contribution in [0.25, 0.3) is 22.2 Å². The zero-order valence-electron chi connectivity index (χ0n) is 20.5. The van der Waals surface area contributed by atoms with Gasteiger partial charge in [-0.25, -0.2) is 13.8 Å². The number of aryl methyl sites for hydroxylation is 1. The lowest BCUT2D eigenvalue weighted by Crippen LogP contribution is -2.23. The van der Waals surface area contributed by atoms with Crippen molar-refractivity contribution in [1.82, 2.24) is 15.0 Å². The van der Waals surface area contributed by atoms with E-state index in [1.54, 1.807) is 19.1 Å². The van der Waals surface area contributed by atoms with E-state index in [-0.39, 0.29) is 28.3 Å². The number of hydrogen-bond donors (Lipinski definition) is 2. The first-order valence-electron chi connectivity index (χ1n) is 11.5. The Hall–Kier alpha value is -4.64. The Balaban J connectivity index is 1.40. The van der Waals surface area contributed by atoms with Gasteiger partial charge in [-0.15, -0.1) is 0 Å². The number of H-pyrrole nitrogens is 1. The van der Waals surface area contributed by atoms with Crippen LogP contribution in [0, 0.1) is 18.6 Å². The van der Waals surface area contributed by atoms with Gasteiger partial charge in [-0.3, -0.25) is 14.6 Å². The number of halogens is 3. The second-order valence-corrected chi connectivity index (χ2v) is 9.25. The molecular weight excluding hydrogens is 574 g/mol. The Morgan fingerprint density at radius 1 is 1.05 bits per heavy atom. The number of benzene rings is 2. The molecule has 3 aromatic heterocycles. The maximum Gasteiger partial charge on any atom is 0.261 e. The summed E-state index contributed by atoms with van der Waals surface area (Å²) in [5.41, 5.74) is 1.46. The maximum atomic E-state index is 15.0. The number of carbonyl (C=O) groups excluding carboxylic acids is 1. The summed E-state index contributed by atoms with van der Waals surface area (Å²) in [6.45, 7) is 1.67. The van der Waals surface area contributed by atoms with Crippen molar-refractivity contribution in [2.75, 3.05) is 12.4 Å². The molecule has 196 valence electrons. The molecule has 8 nitrogen and oxygen atoms in total. The summed E-state index contributed by atoms with van der Waals surface area (Å²) in [6, 6.07) is 12.5. The van der Waals surface area contributed by atoms with E-state index in [2.05, 4.69) is 36.2 Å². The maximum absolute atomic E-state index is 15.0. The quantitative estimate of drug-likeness (QED) is 0.237. The van der Waals surface area contributed by atoms with Crippen LogP contribution in [-0.2, 0) is 0 Å². The average Bonchev–Trinajstić information content (AvgIpc) is 2.91. The van der Waals surface area contributed by atoms with E-state index in [9.17, 15) is 14.0 Å². The van der Waals surface area contributed by atoms with Crippen LogP contribution in [0.15, 0.2) is 76.3 Å². The molecule has 0 bridgehead atoms. The smallest absolute Gasteiger partial charge is 0.261 e. The third-order valence-corrected chi connectivity index (χ3v) is 6.42. The molecule has 2 aromatic carbocycles. The Morgan fingerprint density at radius 2 is 1.82 bits per heavy atom. The standard InChI is InChI=1S/C28H19BrF2N4O4/c1-14-24(15-3-5-16(30)6-4-15)26(36)18(13-33-14)27(37)34-17-7-8-22(20(31)11-17)39-23-9-10-32-21-12-19(29)28(38-2)35-25(21)23/h3-13H,1-2H3,(H,33,36)(H,34,37). The van der Waals surface area contributed by atoms with Crippen LogP contribution < -0.4 is 20.2 Å². The van der Waals surface area contributed by atoms with E-state index in [1.807, 2.05) is 0 Å². The fourth-order valence-corrected chi connectivity index (χ4v) is 4.43. The van der Waals surface area contributed by atoms with Gasteiger partial charge in [-0.1, -0.05) is 12.1 Å². The Labute approximate surface area is 228 Å². The van der Waals surface area contributed by atoms with Crippen molar-refractivity contribution < 1.29 is 23.0 Å². The lowest BCUT2D eigenvalue weighted by Gasteiger charge is -2.12. The number of ether oxygens (including phenoxy) is 2. The largest absolute Gasteiger partial charge is 0.480 e. The van der Waals surface area contributed by atoms with Gasteiger partial charge >= 0.3 is 0 Å². The molecule has 11 heteroatoms. The summed E-state index contributed by atoms with van der Waals surface area (Å²) in [7, 11) is 1.47. The number of amides is 1. The molecule has 0 aliphatic rings. The summed E-state index contributed by atoms with van der Waals surface area (Å²) in [6.07, 6.45) is 2.78. The van der Waals surface area contributed by atoms with Crippen LogP contribution in [0.2, 0.25) is 0 Å². The fourth-order valence-electron chi connectivity index (χ4n) is 3.97. The number of nitrogens with one attached hydrogen (secondary N) is 2. The number of rotatable bonds is 6. The van der Waals surface area contributed by atoms with Crippen LogP contribution in [0.1, 0.15) is 16.1 Å². The van der Waals surface area contributed by atoms with Gasteiger partial charge < -0.3 is 19.8 Å². The second-order valence-electron chi connectivity index (χ2n) is 8.40. The number of aromatic nitrogens is 3. The number of carbonyl (C=O) groups is 1. The summed E-state index contributed by atoms with van der Waals surface area (Å²) in [5.74, 6) is -1.50. The minimum Gasteiger partial charge on any atom is -0.480 e. The molecule has 0 spiro atoms. The Kier molecular flexibility index (Phi) is 7.07. The minimum atomic E-state index is -0.758. The molecular formula is C28H19BrF2N4O4. The highest BCUT2D eigenvalue weighted by molar-refractivity contribution is 9.10. The molecule has 5 aromatic rings. The second kappa shape index (κ2) is 10.6. The molecule has 1 amide bonds. The third kappa shape index (κ3) is 5.21. The van der Waals surface area contributed by atoms with Crippen LogP contribution >= 0.6 is 15.9 Å². The van der Waals surface area contributed by atoms with Gasteiger partial charge in [0.2, 0.25) is 11.3 Å². The van der Waals surface area contributed by atoms with Crippen LogP contribution in [0.3, 0.4) is 0 Å². The van der Waals surface area contributed by atoms with E-state index in [0.29, 0.717) is 32.6 Å². The van der Waals surface area contributed by atoms with Gasteiger partial charge in [-0.05, 0) is 58.7 Å².